The van der Waals surface area contributed by atoms with Gasteiger partial charge in [0.2, 0.25) is 0 Å². The van der Waals surface area contributed by atoms with Gasteiger partial charge in [-0.3, -0.25) is 0 Å². The maximum Gasteiger partial charge on any atom is 0.264 e. The number of hydrogen-bond donors (Lipinski definition) is 0. The van der Waals surface area contributed by atoms with E-state index in [0.29, 0.717) is 5.92 Å². The molecule has 6 aromatic carbocycles. The van der Waals surface area contributed by atoms with Crippen molar-refractivity contribution in [1.82, 2.24) is 0 Å². The molecule has 5 aliphatic carbocycles. The number of rotatable bonds is 4. The molecule has 4 heteroatoms. The van der Waals surface area contributed by atoms with Gasteiger partial charge in [-0.25, -0.2) is 0 Å². The molecule has 1 saturated carbocycles. The Balaban J connectivity index is 1.16. The molecule has 7 aliphatic rings. The van der Waals surface area contributed by atoms with E-state index < -0.39 is 0 Å². The van der Waals surface area contributed by atoms with Gasteiger partial charge in [0.25, 0.3) is 6.71 Å². The van der Waals surface area contributed by atoms with Gasteiger partial charge < -0.3 is 9.80 Å². The van der Waals surface area contributed by atoms with E-state index in [2.05, 4.69) is 229 Å². The van der Waals surface area contributed by atoms with Crippen LogP contribution in [0.4, 0.5) is 34.1 Å². The fourth-order valence-electron chi connectivity index (χ4n) is 17.2. The van der Waals surface area contributed by atoms with Crippen molar-refractivity contribution in [2.45, 2.75) is 243 Å². The molecule has 0 amide bonds. The molecule has 0 atom stereocenters. The van der Waals surface area contributed by atoms with Crippen molar-refractivity contribution in [3.63, 3.8) is 0 Å². The summed E-state index contributed by atoms with van der Waals surface area (Å²) in [5, 5.41) is 1.44. The van der Waals surface area contributed by atoms with Crippen LogP contribution < -0.4 is 25.5 Å². The Morgan fingerprint density at radius 1 is 0.412 bits per heavy atom. The first-order chi connectivity index (χ1) is 37.6. The maximum atomic E-state index is 2.88. The highest BCUT2D eigenvalue weighted by Gasteiger charge is 2.51. The smallest absolute Gasteiger partial charge is 0.264 e. The van der Waals surface area contributed by atoms with Crippen LogP contribution in [0.2, 0.25) is 0 Å². The summed E-state index contributed by atoms with van der Waals surface area (Å²) in [6, 6.07) is 41.2. The van der Waals surface area contributed by atoms with Gasteiger partial charge in [0.05, 0.1) is 11.4 Å². The first kappa shape index (κ1) is 53.0. The van der Waals surface area contributed by atoms with Crippen molar-refractivity contribution < 1.29 is 0 Å². The normalized spacial score (nSPS) is 22.8. The number of fused-ring (bicyclic) bond motifs is 10. The second-order valence-electron chi connectivity index (χ2n) is 32.2. The lowest BCUT2D eigenvalue weighted by molar-refractivity contribution is 0.332. The van der Waals surface area contributed by atoms with E-state index in [9.17, 15) is 0 Å². The summed E-state index contributed by atoms with van der Waals surface area (Å²) in [6.45, 7) is 40.4. The molecule has 0 bridgehead atoms. The summed E-state index contributed by atoms with van der Waals surface area (Å²) in [5.74, 6) is 0.507. The predicted octanol–water partition coefficient (Wildman–Crippen LogP) is 20.1. The van der Waals surface area contributed by atoms with Crippen molar-refractivity contribution in [1.29, 1.82) is 0 Å². The molecule has 80 heavy (non-hydrogen) atoms. The van der Waals surface area contributed by atoms with Gasteiger partial charge in [0.1, 0.15) is 0 Å². The molecular weight excluding hydrogens is 984 g/mol. The highest BCUT2D eigenvalue weighted by molar-refractivity contribution is 7.33. The van der Waals surface area contributed by atoms with E-state index in [1.165, 1.54) is 188 Å². The zero-order valence-corrected chi connectivity index (χ0v) is 52.7. The quantitative estimate of drug-likeness (QED) is 0.162. The highest BCUT2D eigenvalue weighted by Crippen LogP contribution is 2.58. The molecule has 0 radical (unpaired) electrons. The van der Waals surface area contributed by atoms with Gasteiger partial charge in [-0.1, -0.05) is 173 Å². The summed E-state index contributed by atoms with van der Waals surface area (Å²) in [4.78, 5) is 5.75. The van der Waals surface area contributed by atoms with Crippen LogP contribution in [-0.4, -0.2) is 6.71 Å². The Morgan fingerprint density at radius 3 is 1.44 bits per heavy atom. The number of hydrogen-bond acceptors (Lipinski definition) is 3. The minimum absolute atomic E-state index is 0.0288. The lowest BCUT2D eigenvalue weighted by atomic mass is 9.35. The van der Waals surface area contributed by atoms with E-state index in [4.69, 9.17) is 0 Å². The van der Waals surface area contributed by atoms with Crippen molar-refractivity contribution in [3.8, 4) is 11.1 Å². The Hall–Kier alpha value is -5.06. The van der Waals surface area contributed by atoms with Crippen molar-refractivity contribution in [2.24, 2.45) is 0 Å². The number of benzene rings is 6. The maximum absolute atomic E-state index is 2.88. The highest BCUT2D eigenvalue weighted by atomic mass is 32.1. The molecule has 0 saturated heterocycles. The molecule has 414 valence electrons. The first-order valence-corrected chi connectivity index (χ1v) is 32.4. The first-order valence-electron chi connectivity index (χ1n) is 31.6. The molecule has 1 fully saturated rings. The van der Waals surface area contributed by atoms with Crippen LogP contribution in [0.15, 0.2) is 97.1 Å². The summed E-state index contributed by atoms with van der Waals surface area (Å²) in [7, 11) is 0. The molecule has 0 unspecified atom stereocenters. The third-order valence-electron chi connectivity index (χ3n) is 23.1. The Kier molecular flexibility index (Phi) is 11.4. The molecule has 0 spiro atoms. The minimum atomic E-state index is 0.0288. The van der Waals surface area contributed by atoms with Crippen LogP contribution in [0.1, 0.15) is 250 Å². The van der Waals surface area contributed by atoms with Gasteiger partial charge in [0, 0.05) is 43.2 Å². The molecule has 14 rings (SSSR count). The van der Waals surface area contributed by atoms with Crippen molar-refractivity contribution >= 4 is 78.0 Å². The van der Waals surface area contributed by atoms with Crippen LogP contribution in [0.5, 0.6) is 0 Å². The fraction of sp³-hybridized carbons (Fsp3) is 0.500. The number of thiophene rings is 1. The fourth-order valence-corrected chi connectivity index (χ4v) is 18.5. The van der Waals surface area contributed by atoms with Gasteiger partial charge in [0.15, 0.2) is 0 Å². The Morgan fingerprint density at radius 2 is 0.875 bits per heavy atom. The monoisotopic (exact) mass is 1070 g/mol. The number of anilines is 6. The summed E-state index contributed by atoms with van der Waals surface area (Å²) >= 11 is 2.13. The predicted molar refractivity (Wildman–Crippen MR) is 348 cm³/mol. The van der Waals surface area contributed by atoms with Crippen LogP contribution in [0.3, 0.4) is 0 Å². The molecular formula is C76H91BN2S. The van der Waals surface area contributed by atoms with Crippen LogP contribution in [-0.2, 0) is 43.3 Å². The van der Waals surface area contributed by atoms with E-state index in [1.807, 2.05) is 0 Å². The lowest BCUT2D eigenvalue weighted by Crippen LogP contribution is -2.61. The molecule has 2 nitrogen and oxygen atoms in total. The Bertz CT molecular complexity index is 3730. The van der Waals surface area contributed by atoms with E-state index in [1.54, 1.807) is 16.7 Å². The molecule has 2 aliphatic heterocycles. The average molecular weight is 1080 g/mol. The second-order valence-corrected chi connectivity index (χ2v) is 33.2. The average Bonchev–Trinajstić information content (AvgIpc) is 3.96. The van der Waals surface area contributed by atoms with Gasteiger partial charge in [-0.2, -0.15) is 0 Å². The van der Waals surface area contributed by atoms with Crippen molar-refractivity contribution in [2.75, 3.05) is 9.80 Å². The van der Waals surface area contributed by atoms with E-state index >= 15 is 0 Å². The molecule has 3 heterocycles. The molecule has 1 aromatic heterocycles. The van der Waals surface area contributed by atoms with Crippen molar-refractivity contribution in [3.05, 3.63) is 147 Å². The largest absolute Gasteiger partial charge is 0.311 e. The second kappa shape index (κ2) is 17.3. The zero-order valence-electron chi connectivity index (χ0n) is 51.9. The standard InChI is InChI=1S/C76H91BN2S/c1-69(2)29-30-70(3,4)53-39-49(27-28-52(53)69)78-63-37-48(46-23-19-17-20-24-46)38-64-66(63)77(68-67(78)51-41-55-59(45-65(51)80-68)76(15,16)36-32-72(55,7)8)60-42-56-58(75(13,14)35-33-73(56,9)10)44-62(60)79(64)61-43-57-54(71(5,6)31-34-74(57,11)12)40-50(61)47-25-21-18-22-26-47/h18,21-22,25-28,37-46H,17,19-20,23-24,29-36H2,1-16H3. The topological polar surface area (TPSA) is 6.48 Å². The van der Waals surface area contributed by atoms with Crippen LogP contribution >= 0.6 is 11.3 Å². The summed E-state index contributed by atoms with van der Waals surface area (Å²) < 4.78 is 2.96. The van der Waals surface area contributed by atoms with Gasteiger partial charge in [-0.15, -0.1) is 11.3 Å². The SMILES string of the molecule is CC1(C)CCC(C)(C)c2cc(N3c4cc(C5CCCCC5)cc5c4B(c4cc6c(cc4N5c4cc5c(cc4-c4ccccc4)C(C)(C)CCC5(C)C)C(C)(C)CCC6(C)C)c4sc5cc6c(cc5c43)C(C)(C)CCC6(C)C)ccc21. The van der Waals surface area contributed by atoms with Crippen LogP contribution in [0.25, 0.3) is 21.2 Å². The zero-order chi connectivity index (χ0) is 56.2. The lowest BCUT2D eigenvalue weighted by Gasteiger charge is -2.48. The third kappa shape index (κ3) is 7.80. The van der Waals surface area contributed by atoms with E-state index in [0.717, 1.165) is 0 Å². The number of nitrogens with zero attached hydrogens (tertiary/aromatic N) is 2. The van der Waals surface area contributed by atoms with Gasteiger partial charge in [-0.05, 0) is 235 Å². The van der Waals surface area contributed by atoms with E-state index in [-0.39, 0.29) is 50.0 Å². The summed E-state index contributed by atoms with van der Waals surface area (Å²) in [5.41, 5.74) is 28.3. The third-order valence-corrected chi connectivity index (χ3v) is 24.3. The summed E-state index contributed by atoms with van der Waals surface area (Å²) in [6.07, 6.45) is 16.0. The van der Waals surface area contributed by atoms with Gasteiger partial charge >= 0.3 is 0 Å². The molecule has 7 aromatic rings. The molecule has 0 N–H and O–H groups in total. The minimum Gasteiger partial charge on any atom is -0.311 e. The Labute approximate surface area is 486 Å². The van der Waals surface area contributed by atoms with Crippen LogP contribution in [0, 0.1) is 0 Å².